The minimum atomic E-state index is -0.321. The molecule has 0 radical (unpaired) electrons. The Labute approximate surface area is 142 Å². The van der Waals surface area contributed by atoms with Crippen molar-refractivity contribution in [3.8, 4) is 11.3 Å². The van der Waals surface area contributed by atoms with Crippen LogP contribution in [0.3, 0.4) is 0 Å². The van der Waals surface area contributed by atoms with Gasteiger partial charge in [0.2, 0.25) is 5.89 Å². The Morgan fingerprint density at radius 1 is 0.958 bits per heavy atom. The Balaban J connectivity index is 1.61. The standard InChI is InChI=1S/C19H11ClFNO2/c20-12-5-8-18-16(11-12)22-19(24-18)10-7-13-6-9-17(23-13)14-3-1-2-4-15(14)21/h1-11H. The highest BCUT2D eigenvalue weighted by atomic mass is 35.5. The van der Waals surface area contributed by atoms with Gasteiger partial charge in [-0.05, 0) is 48.5 Å². The van der Waals surface area contributed by atoms with Crippen molar-refractivity contribution in [2.75, 3.05) is 0 Å². The number of rotatable bonds is 3. The molecule has 0 bridgehead atoms. The van der Waals surface area contributed by atoms with Crippen LogP contribution in [0.4, 0.5) is 4.39 Å². The second-order valence-electron chi connectivity index (χ2n) is 5.18. The molecule has 0 atom stereocenters. The molecular formula is C19H11ClFNO2. The van der Waals surface area contributed by atoms with E-state index in [2.05, 4.69) is 4.98 Å². The van der Waals surface area contributed by atoms with Crippen molar-refractivity contribution < 1.29 is 13.2 Å². The van der Waals surface area contributed by atoms with E-state index in [4.69, 9.17) is 20.4 Å². The van der Waals surface area contributed by atoms with Crippen molar-refractivity contribution in [1.82, 2.24) is 4.98 Å². The second-order valence-corrected chi connectivity index (χ2v) is 5.62. The molecule has 0 spiro atoms. The summed E-state index contributed by atoms with van der Waals surface area (Å²) in [7, 11) is 0. The van der Waals surface area contributed by atoms with Crippen LogP contribution in [-0.4, -0.2) is 4.98 Å². The first-order chi connectivity index (χ1) is 11.7. The average molecular weight is 340 g/mol. The molecule has 0 fully saturated rings. The number of hydrogen-bond acceptors (Lipinski definition) is 3. The van der Waals surface area contributed by atoms with Crippen LogP contribution >= 0.6 is 11.6 Å². The molecule has 0 unspecified atom stereocenters. The summed E-state index contributed by atoms with van der Waals surface area (Å²) < 4.78 is 25.0. The largest absolute Gasteiger partial charge is 0.457 e. The van der Waals surface area contributed by atoms with Crippen molar-refractivity contribution in [1.29, 1.82) is 0 Å². The zero-order valence-corrected chi connectivity index (χ0v) is 13.1. The molecule has 0 aliphatic carbocycles. The summed E-state index contributed by atoms with van der Waals surface area (Å²) in [5, 5.41) is 0.604. The van der Waals surface area contributed by atoms with Crippen molar-refractivity contribution >= 4 is 34.9 Å². The summed E-state index contributed by atoms with van der Waals surface area (Å²) in [6.45, 7) is 0. The molecule has 5 heteroatoms. The van der Waals surface area contributed by atoms with Gasteiger partial charge in [0.15, 0.2) is 5.58 Å². The summed E-state index contributed by atoms with van der Waals surface area (Å²) >= 11 is 5.93. The van der Waals surface area contributed by atoms with Crippen LogP contribution in [0.1, 0.15) is 11.7 Å². The number of aromatic nitrogens is 1. The zero-order chi connectivity index (χ0) is 16.5. The smallest absolute Gasteiger partial charge is 0.220 e. The zero-order valence-electron chi connectivity index (χ0n) is 12.4. The maximum atomic E-state index is 13.8. The van der Waals surface area contributed by atoms with Crippen molar-refractivity contribution in [3.63, 3.8) is 0 Å². The lowest BCUT2D eigenvalue weighted by atomic mass is 10.1. The molecule has 0 N–H and O–H groups in total. The van der Waals surface area contributed by atoms with E-state index in [1.165, 1.54) is 6.07 Å². The number of fused-ring (bicyclic) bond motifs is 1. The third-order valence-corrected chi connectivity index (χ3v) is 3.76. The molecule has 3 nitrogen and oxygen atoms in total. The predicted molar refractivity (Wildman–Crippen MR) is 92.0 cm³/mol. The van der Waals surface area contributed by atoms with Crippen LogP contribution < -0.4 is 0 Å². The predicted octanol–water partition coefficient (Wildman–Crippen LogP) is 6.05. The van der Waals surface area contributed by atoms with E-state index in [0.717, 1.165) is 0 Å². The first-order valence-electron chi connectivity index (χ1n) is 7.28. The Hall–Kier alpha value is -2.85. The van der Waals surface area contributed by atoms with Crippen molar-refractivity contribution in [3.05, 3.63) is 77.1 Å². The highest BCUT2D eigenvalue weighted by Crippen LogP contribution is 2.26. The summed E-state index contributed by atoms with van der Waals surface area (Å²) in [5.41, 5.74) is 1.77. The molecule has 0 aliphatic heterocycles. The Kier molecular flexibility index (Phi) is 3.67. The minimum absolute atomic E-state index is 0.321. The fourth-order valence-electron chi connectivity index (χ4n) is 2.39. The second kappa shape index (κ2) is 5.98. The number of hydrogen-bond donors (Lipinski definition) is 0. The van der Waals surface area contributed by atoms with Crippen molar-refractivity contribution in [2.24, 2.45) is 0 Å². The van der Waals surface area contributed by atoms with Crippen molar-refractivity contribution in [2.45, 2.75) is 0 Å². The van der Waals surface area contributed by atoms with Crippen LogP contribution in [0, 0.1) is 5.82 Å². The van der Waals surface area contributed by atoms with Crippen LogP contribution in [0.25, 0.3) is 34.6 Å². The van der Waals surface area contributed by atoms with E-state index >= 15 is 0 Å². The third-order valence-electron chi connectivity index (χ3n) is 3.52. The maximum Gasteiger partial charge on any atom is 0.220 e. The van der Waals surface area contributed by atoms with E-state index in [0.29, 0.717) is 39.1 Å². The summed E-state index contributed by atoms with van der Waals surface area (Å²) in [6.07, 6.45) is 3.41. The molecule has 4 aromatic rings. The number of nitrogens with zero attached hydrogens (tertiary/aromatic N) is 1. The van der Waals surface area contributed by atoms with E-state index in [-0.39, 0.29) is 5.82 Å². The van der Waals surface area contributed by atoms with E-state index in [9.17, 15) is 4.39 Å². The van der Waals surface area contributed by atoms with Gasteiger partial charge in [0.25, 0.3) is 0 Å². The lowest BCUT2D eigenvalue weighted by Crippen LogP contribution is -1.79. The molecule has 2 heterocycles. The molecule has 0 amide bonds. The highest BCUT2D eigenvalue weighted by molar-refractivity contribution is 6.31. The van der Waals surface area contributed by atoms with Crippen LogP contribution in [0.2, 0.25) is 5.02 Å². The first-order valence-corrected chi connectivity index (χ1v) is 7.66. The molecule has 2 aromatic heterocycles. The number of oxazole rings is 1. The van der Waals surface area contributed by atoms with E-state index < -0.39 is 0 Å². The third kappa shape index (κ3) is 2.84. The van der Waals surface area contributed by atoms with E-state index in [1.807, 2.05) is 0 Å². The van der Waals surface area contributed by atoms with E-state index in [1.54, 1.807) is 60.7 Å². The van der Waals surface area contributed by atoms with Gasteiger partial charge >= 0.3 is 0 Å². The topological polar surface area (TPSA) is 39.2 Å². The SMILES string of the molecule is Fc1ccccc1-c1ccc(C=Cc2nc3cc(Cl)ccc3o2)o1. The van der Waals surface area contributed by atoms with Gasteiger partial charge in [-0.1, -0.05) is 23.7 Å². The molecule has 24 heavy (non-hydrogen) atoms. The number of halogens is 2. The number of benzene rings is 2. The van der Waals surface area contributed by atoms with Gasteiger partial charge in [-0.3, -0.25) is 0 Å². The van der Waals surface area contributed by atoms with Gasteiger partial charge in [-0.15, -0.1) is 0 Å². The van der Waals surface area contributed by atoms with Crippen LogP contribution in [-0.2, 0) is 0 Å². The number of furan rings is 1. The lowest BCUT2D eigenvalue weighted by molar-refractivity contribution is 0.560. The van der Waals surface area contributed by atoms with Crippen LogP contribution in [0.15, 0.2) is 63.4 Å². The van der Waals surface area contributed by atoms with Gasteiger partial charge in [0, 0.05) is 11.1 Å². The quantitative estimate of drug-likeness (QED) is 0.456. The highest BCUT2D eigenvalue weighted by Gasteiger charge is 2.08. The molecule has 4 rings (SSSR count). The summed E-state index contributed by atoms with van der Waals surface area (Å²) in [6, 6.07) is 15.2. The van der Waals surface area contributed by atoms with Gasteiger partial charge in [0.1, 0.15) is 22.9 Å². The van der Waals surface area contributed by atoms with Crippen LogP contribution in [0.5, 0.6) is 0 Å². The van der Waals surface area contributed by atoms with Gasteiger partial charge in [-0.25, -0.2) is 9.37 Å². The summed E-state index contributed by atoms with van der Waals surface area (Å²) in [5.74, 6) is 1.17. The molecule has 2 aromatic carbocycles. The maximum absolute atomic E-state index is 13.8. The Bertz CT molecular complexity index is 1050. The van der Waals surface area contributed by atoms with Gasteiger partial charge in [-0.2, -0.15) is 0 Å². The minimum Gasteiger partial charge on any atom is -0.457 e. The molecule has 0 saturated heterocycles. The molecule has 0 aliphatic rings. The van der Waals surface area contributed by atoms with Gasteiger partial charge in [0.05, 0.1) is 5.56 Å². The first kappa shape index (κ1) is 14.7. The Morgan fingerprint density at radius 3 is 2.71 bits per heavy atom. The average Bonchev–Trinajstić information content (AvgIpc) is 3.19. The monoisotopic (exact) mass is 339 g/mol. The molecule has 0 saturated carbocycles. The normalized spacial score (nSPS) is 11.6. The summed E-state index contributed by atoms with van der Waals surface area (Å²) in [4.78, 5) is 4.33. The fourth-order valence-corrected chi connectivity index (χ4v) is 2.56. The fraction of sp³-hybridized carbons (Fsp3) is 0. The Morgan fingerprint density at radius 2 is 1.83 bits per heavy atom. The van der Waals surface area contributed by atoms with Gasteiger partial charge < -0.3 is 8.83 Å². The lowest BCUT2D eigenvalue weighted by Gasteiger charge is -1.97. The molecule has 118 valence electrons. The molecular weight excluding hydrogens is 329 g/mol.